The summed E-state index contributed by atoms with van der Waals surface area (Å²) in [5.74, 6) is -1.46. The van der Waals surface area contributed by atoms with Crippen molar-refractivity contribution in [3.63, 3.8) is 0 Å². The summed E-state index contributed by atoms with van der Waals surface area (Å²) in [6.07, 6.45) is 1.04. The van der Waals surface area contributed by atoms with E-state index in [9.17, 15) is 19.5 Å². The minimum absolute atomic E-state index is 0.0762. The maximum absolute atomic E-state index is 13.1. The molecule has 1 saturated heterocycles. The van der Waals surface area contributed by atoms with Gasteiger partial charge < -0.3 is 25.2 Å². The van der Waals surface area contributed by atoms with Gasteiger partial charge in [0.15, 0.2) is 0 Å². The molecule has 35 heavy (non-hydrogen) atoms. The van der Waals surface area contributed by atoms with Gasteiger partial charge in [-0.3, -0.25) is 9.59 Å². The molecule has 8 heteroatoms. The molecule has 1 atom stereocenters. The van der Waals surface area contributed by atoms with Crippen LogP contribution in [0.3, 0.4) is 0 Å². The van der Waals surface area contributed by atoms with Crippen LogP contribution in [0.5, 0.6) is 0 Å². The first-order chi connectivity index (χ1) is 16.9. The molecule has 186 valence electrons. The molecule has 1 aliphatic heterocycles. The van der Waals surface area contributed by atoms with Crippen molar-refractivity contribution in [1.82, 2.24) is 10.6 Å². The van der Waals surface area contributed by atoms with Gasteiger partial charge in [0.2, 0.25) is 5.91 Å². The lowest BCUT2D eigenvalue weighted by Gasteiger charge is -2.38. The monoisotopic (exact) mass is 480 g/mol. The lowest BCUT2D eigenvalue weighted by molar-refractivity contribution is -0.140. The Labute approximate surface area is 205 Å². The lowest BCUT2D eigenvalue weighted by Crippen LogP contribution is -2.58. The third kappa shape index (κ3) is 5.65. The van der Waals surface area contributed by atoms with Gasteiger partial charge in [-0.2, -0.15) is 0 Å². The fraction of sp³-hybridized carbons (Fsp3) is 0.444. The molecule has 0 bridgehead atoms. The number of aliphatic carboxylic acids is 1. The number of hydrogen-bond acceptors (Lipinski definition) is 5. The summed E-state index contributed by atoms with van der Waals surface area (Å²) in [5, 5.41) is 15.0. The lowest BCUT2D eigenvalue weighted by atomic mass is 9.86. The number of nitrogens with one attached hydrogen (secondary N) is 2. The Morgan fingerprint density at radius 2 is 1.66 bits per heavy atom. The SMILES string of the molecule is CCC[C@@H](NC(=O)OCC1c2ccccc2-c2ccccc21)C(=O)NC1(CC(=O)O)CCOCC1. The third-order valence-electron chi connectivity index (χ3n) is 6.86. The van der Waals surface area contributed by atoms with Crippen LogP contribution in [0.2, 0.25) is 0 Å². The van der Waals surface area contributed by atoms with E-state index in [1.165, 1.54) is 0 Å². The highest BCUT2D eigenvalue weighted by Crippen LogP contribution is 2.44. The molecule has 0 radical (unpaired) electrons. The highest BCUT2D eigenvalue weighted by atomic mass is 16.5. The molecule has 2 aliphatic rings. The van der Waals surface area contributed by atoms with Crippen molar-refractivity contribution in [2.45, 2.75) is 56.5 Å². The molecule has 2 aromatic rings. The maximum atomic E-state index is 13.1. The predicted octanol–water partition coefficient (Wildman–Crippen LogP) is 3.83. The molecule has 1 aliphatic carbocycles. The van der Waals surface area contributed by atoms with Gasteiger partial charge in [-0.1, -0.05) is 61.9 Å². The molecule has 0 unspecified atom stereocenters. The Hall–Kier alpha value is -3.39. The van der Waals surface area contributed by atoms with Crippen LogP contribution in [0.25, 0.3) is 11.1 Å². The molecule has 2 aromatic carbocycles. The van der Waals surface area contributed by atoms with Crippen LogP contribution in [0.1, 0.15) is 56.1 Å². The summed E-state index contributed by atoms with van der Waals surface area (Å²) >= 11 is 0. The number of fused-ring (bicyclic) bond motifs is 3. The summed E-state index contributed by atoms with van der Waals surface area (Å²) in [4.78, 5) is 37.3. The Balaban J connectivity index is 1.40. The molecule has 0 spiro atoms. The van der Waals surface area contributed by atoms with Gasteiger partial charge in [0.1, 0.15) is 12.6 Å². The molecule has 0 saturated carbocycles. The fourth-order valence-corrected chi connectivity index (χ4v) is 5.09. The van der Waals surface area contributed by atoms with E-state index in [2.05, 4.69) is 22.8 Å². The van der Waals surface area contributed by atoms with Gasteiger partial charge in [0.25, 0.3) is 0 Å². The molecule has 4 rings (SSSR count). The zero-order chi connectivity index (χ0) is 24.8. The van der Waals surface area contributed by atoms with Crippen LogP contribution < -0.4 is 10.6 Å². The quantitative estimate of drug-likeness (QED) is 0.503. The van der Waals surface area contributed by atoms with Crippen molar-refractivity contribution < 1.29 is 29.0 Å². The highest BCUT2D eigenvalue weighted by Gasteiger charge is 2.38. The van der Waals surface area contributed by atoms with Crippen LogP contribution in [-0.2, 0) is 19.1 Å². The second-order valence-electron chi connectivity index (χ2n) is 9.26. The second kappa shape index (κ2) is 10.9. The molecular weight excluding hydrogens is 448 g/mol. The predicted molar refractivity (Wildman–Crippen MR) is 130 cm³/mol. The minimum atomic E-state index is -0.983. The average molecular weight is 481 g/mol. The van der Waals surface area contributed by atoms with E-state index in [1.54, 1.807) is 0 Å². The van der Waals surface area contributed by atoms with Crippen LogP contribution >= 0.6 is 0 Å². The van der Waals surface area contributed by atoms with Crippen molar-refractivity contribution in [3.05, 3.63) is 59.7 Å². The molecule has 8 nitrogen and oxygen atoms in total. The first kappa shape index (κ1) is 24.7. The smallest absolute Gasteiger partial charge is 0.407 e. The normalized spacial score (nSPS) is 17.1. The molecule has 0 aromatic heterocycles. The first-order valence-electron chi connectivity index (χ1n) is 12.2. The van der Waals surface area contributed by atoms with Crippen molar-refractivity contribution in [2.24, 2.45) is 0 Å². The summed E-state index contributed by atoms with van der Waals surface area (Å²) in [5.41, 5.74) is 3.62. The van der Waals surface area contributed by atoms with E-state index >= 15 is 0 Å². The largest absolute Gasteiger partial charge is 0.481 e. The van der Waals surface area contributed by atoms with E-state index in [0.29, 0.717) is 38.9 Å². The van der Waals surface area contributed by atoms with Gasteiger partial charge in [-0.25, -0.2) is 4.79 Å². The molecule has 2 amide bonds. The van der Waals surface area contributed by atoms with Crippen LogP contribution in [0, 0.1) is 0 Å². The number of carboxylic acids is 1. The number of benzene rings is 2. The number of hydrogen-bond donors (Lipinski definition) is 3. The number of carbonyl (C=O) groups is 3. The topological polar surface area (TPSA) is 114 Å². The number of ether oxygens (including phenoxy) is 2. The van der Waals surface area contributed by atoms with E-state index in [-0.39, 0.29) is 18.9 Å². The van der Waals surface area contributed by atoms with Crippen molar-refractivity contribution in [3.8, 4) is 11.1 Å². The molecule has 1 fully saturated rings. The minimum Gasteiger partial charge on any atom is -0.481 e. The molecular formula is C27H32N2O6. The van der Waals surface area contributed by atoms with Crippen LogP contribution in [-0.4, -0.2) is 54.5 Å². The number of carbonyl (C=O) groups excluding carboxylic acids is 2. The van der Waals surface area contributed by atoms with E-state index in [0.717, 1.165) is 22.3 Å². The zero-order valence-corrected chi connectivity index (χ0v) is 19.9. The Morgan fingerprint density at radius 3 is 2.23 bits per heavy atom. The number of alkyl carbamates (subject to hydrolysis) is 1. The van der Waals surface area contributed by atoms with Crippen molar-refractivity contribution in [2.75, 3.05) is 19.8 Å². The standard InChI is InChI=1S/C27H32N2O6/c1-2-7-23(25(32)29-27(16-24(30)31)12-14-34-15-13-27)28-26(33)35-17-22-20-10-5-3-8-18(20)19-9-4-6-11-21(19)22/h3-6,8-11,22-23H,2,7,12-17H2,1H3,(H,28,33)(H,29,32)(H,30,31)/t23-/m1/s1. The van der Waals surface area contributed by atoms with Gasteiger partial charge in [-0.05, 0) is 41.5 Å². The average Bonchev–Trinajstić information content (AvgIpc) is 3.16. The highest BCUT2D eigenvalue weighted by molar-refractivity contribution is 5.87. The molecule has 3 N–H and O–H groups in total. The van der Waals surface area contributed by atoms with Gasteiger partial charge in [0.05, 0.1) is 12.0 Å². The summed E-state index contributed by atoms with van der Waals surface area (Å²) in [6.45, 7) is 2.83. The van der Waals surface area contributed by atoms with Crippen LogP contribution in [0.15, 0.2) is 48.5 Å². The number of amides is 2. The van der Waals surface area contributed by atoms with Gasteiger partial charge in [0, 0.05) is 19.1 Å². The number of carboxylic acid groups (broad SMARTS) is 1. The summed E-state index contributed by atoms with van der Waals surface area (Å²) in [7, 11) is 0. The van der Waals surface area contributed by atoms with Crippen molar-refractivity contribution in [1.29, 1.82) is 0 Å². The van der Waals surface area contributed by atoms with E-state index in [1.807, 2.05) is 43.3 Å². The van der Waals surface area contributed by atoms with Gasteiger partial charge >= 0.3 is 12.1 Å². The van der Waals surface area contributed by atoms with Crippen molar-refractivity contribution >= 4 is 18.0 Å². The summed E-state index contributed by atoms with van der Waals surface area (Å²) in [6, 6.07) is 15.4. The Morgan fingerprint density at radius 1 is 1.06 bits per heavy atom. The van der Waals surface area contributed by atoms with Crippen LogP contribution in [0.4, 0.5) is 4.79 Å². The summed E-state index contributed by atoms with van der Waals surface area (Å²) < 4.78 is 11.0. The van der Waals surface area contributed by atoms with Gasteiger partial charge in [-0.15, -0.1) is 0 Å². The second-order valence-corrected chi connectivity index (χ2v) is 9.26. The first-order valence-corrected chi connectivity index (χ1v) is 12.2. The Kier molecular flexibility index (Phi) is 7.70. The zero-order valence-electron chi connectivity index (χ0n) is 19.9. The maximum Gasteiger partial charge on any atom is 0.407 e. The number of rotatable bonds is 9. The van der Waals surface area contributed by atoms with E-state index < -0.39 is 29.6 Å². The van der Waals surface area contributed by atoms with E-state index in [4.69, 9.17) is 9.47 Å². The fourth-order valence-electron chi connectivity index (χ4n) is 5.09. The molecule has 1 heterocycles. The third-order valence-corrected chi connectivity index (χ3v) is 6.86. The Bertz CT molecular complexity index is 1030.